The van der Waals surface area contributed by atoms with E-state index in [4.69, 9.17) is 14.9 Å². The highest BCUT2D eigenvalue weighted by Crippen LogP contribution is 2.22. The molecule has 5 heteroatoms. The molecule has 0 aliphatic rings. The number of para-hydroxylation sites is 1. The minimum Gasteiger partial charge on any atom is -0.453 e. The summed E-state index contributed by atoms with van der Waals surface area (Å²) >= 11 is 0. The Morgan fingerprint density at radius 3 is 2.42 bits per heavy atom. The minimum absolute atomic E-state index is 0.0302. The highest BCUT2D eigenvalue weighted by molar-refractivity contribution is 6.09. The lowest BCUT2D eigenvalue weighted by molar-refractivity contribution is 0.101. The summed E-state index contributed by atoms with van der Waals surface area (Å²) in [6, 6.07) is 19.4. The van der Waals surface area contributed by atoms with Gasteiger partial charge in [-0.1, -0.05) is 18.2 Å². The van der Waals surface area contributed by atoms with Gasteiger partial charge in [0.25, 0.3) is 0 Å². The summed E-state index contributed by atoms with van der Waals surface area (Å²) in [5.41, 5.74) is 1.80. The van der Waals surface area contributed by atoms with E-state index in [9.17, 15) is 4.79 Å². The van der Waals surface area contributed by atoms with E-state index in [2.05, 4.69) is 5.32 Å². The largest absolute Gasteiger partial charge is 0.453 e. The molecule has 0 aliphatic carbocycles. The van der Waals surface area contributed by atoms with Gasteiger partial charge in [0.1, 0.15) is 23.3 Å². The van der Waals surface area contributed by atoms with E-state index in [1.54, 1.807) is 42.5 Å². The molecule has 0 unspecified atom stereocenters. The maximum atomic E-state index is 12.5. The van der Waals surface area contributed by atoms with Gasteiger partial charge in [0.15, 0.2) is 5.76 Å². The number of hydrogen-bond acceptors (Lipinski definition) is 5. The number of hydrogen-bond donors (Lipinski definition) is 1. The number of carbonyl (C=O) groups is 1. The van der Waals surface area contributed by atoms with Crippen molar-refractivity contribution in [2.24, 2.45) is 0 Å². The maximum absolute atomic E-state index is 12.5. The second-order valence-electron chi connectivity index (χ2n) is 4.98. The molecule has 3 rings (SSSR count). The summed E-state index contributed by atoms with van der Waals surface area (Å²) in [5, 5.41) is 21.1. The zero-order chi connectivity index (χ0) is 16.9. The zero-order valence-electron chi connectivity index (χ0n) is 12.5. The summed E-state index contributed by atoms with van der Waals surface area (Å²) in [7, 11) is 0. The van der Waals surface area contributed by atoms with Crippen molar-refractivity contribution in [1.29, 1.82) is 10.5 Å². The Balaban J connectivity index is 1.80. The van der Waals surface area contributed by atoms with Crippen LogP contribution in [0.2, 0.25) is 0 Å². The topological polar surface area (TPSA) is 89.8 Å². The fourth-order valence-electron chi connectivity index (χ4n) is 2.20. The molecule has 0 amide bonds. The first-order valence-corrected chi connectivity index (χ1v) is 7.11. The Labute approximate surface area is 138 Å². The van der Waals surface area contributed by atoms with Gasteiger partial charge in [-0.2, -0.15) is 10.5 Å². The normalized spacial score (nSPS) is 9.75. The van der Waals surface area contributed by atoms with Crippen molar-refractivity contribution in [2.45, 2.75) is 0 Å². The van der Waals surface area contributed by atoms with Crippen molar-refractivity contribution in [3.8, 4) is 12.1 Å². The molecule has 24 heavy (non-hydrogen) atoms. The van der Waals surface area contributed by atoms with Gasteiger partial charge in [0, 0.05) is 22.8 Å². The van der Waals surface area contributed by atoms with Gasteiger partial charge in [0.05, 0.1) is 0 Å². The fourth-order valence-corrected chi connectivity index (χ4v) is 2.20. The molecule has 0 saturated heterocycles. The predicted molar refractivity (Wildman–Crippen MR) is 89.0 cm³/mol. The lowest BCUT2D eigenvalue weighted by Crippen LogP contribution is -1.99. The number of rotatable bonds is 4. The van der Waals surface area contributed by atoms with E-state index >= 15 is 0 Å². The van der Waals surface area contributed by atoms with E-state index < -0.39 is 0 Å². The first kappa shape index (κ1) is 15.1. The molecule has 114 valence electrons. The van der Waals surface area contributed by atoms with Crippen molar-refractivity contribution >= 4 is 22.4 Å². The molecule has 2 aromatic carbocycles. The molecule has 1 aromatic heterocycles. The number of nitriles is 2. The third-order valence-electron chi connectivity index (χ3n) is 3.42. The van der Waals surface area contributed by atoms with Crippen LogP contribution >= 0.6 is 0 Å². The molecule has 0 radical (unpaired) electrons. The monoisotopic (exact) mass is 313 g/mol. The second-order valence-corrected chi connectivity index (χ2v) is 4.98. The van der Waals surface area contributed by atoms with E-state index in [1.165, 1.54) is 6.20 Å². The van der Waals surface area contributed by atoms with Gasteiger partial charge in [0.2, 0.25) is 5.78 Å². The Morgan fingerprint density at radius 1 is 1.04 bits per heavy atom. The summed E-state index contributed by atoms with van der Waals surface area (Å²) < 4.78 is 5.58. The molecule has 3 aromatic rings. The highest BCUT2D eigenvalue weighted by atomic mass is 16.3. The average molecular weight is 313 g/mol. The summed E-state index contributed by atoms with van der Waals surface area (Å²) in [4.78, 5) is 12.5. The quantitative estimate of drug-likeness (QED) is 0.580. The fraction of sp³-hybridized carbons (Fsp3) is 0. The number of anilines is 1. The number of carbonyl (C=O) groups excluding carboxylic acids is 1. The standard InChI is InChI=1S/C19H11N3O2/c20-10-13(11-21)12-22-16-7-5-14(6-8-16)19(23)18-9-15-3-1-2-4-17(15)24-18/h1-9,12,22H. The van der Waals surface area contributed by atoms with E-state index in [-0.39, 0.29) is 17.1 Å². The van der Waals surface area contributed by atoms with Crippen LogP contribution in [0.15, 0.2) is 70.8 Å². The number of allylic oxidation sites excluding steroid dienone is 1. The number of ketones is 1. The number of furan rings is 1. The Morgan fingerprint density at radius 2 is 1.75 bits per heavy atom. The van der Waals surface area contributed by atoms with E-state index in [1.807, 2.05) is 24.3 Å². The molecule has 0 atom stereocenters. The molecule has 0 saturated carbocycles. The van der Waals surface area contributed by atoms with Gasteiger partial charge in [-0.25, -0.2) is 0 Å². The molecule has 0 bridgehead atoms. The Hall–Kier alpha value is -3.83. The minimum atomic E-state index is -0.206. The molecule has 0 fully saturated rings. The van der Waals surface area contributed by atoms with Crippen LogP contribution < -0.4 is 5.32 Å². The molecule has 1 heterocycles. The third-order valence-corrected chi connectivity index (χ3v) is 3.42. The molecule has 1 N–H and O–H groups in total. The lowest BCUT2D eigenvalue weighted by atomic mass is 10.1. The van der Waals surface area contributed by atoms with Crippen LogP contribution in [0.5, 0.6) is 0 Å². The number of nitrogens with one attached hydrogen (secondary N) is 1. The van der Waals surface area contributed by atoms with Crippen LogP contribution in [0.25, 0.3) is 11.0 Å². The van der Waals surface area contributed by atoms with Crippen molar-refractivity contribution in [3.63, 3.8) is 0 Å². The second kappa shape index (κ2) is 6.51. The van der Waals surface area contributed by atoms with Gasteiger partial charge in [-0.15, -0.1) is 0 Å². The van der Waals surface area contributed by atoms with Crippen molar-refractivity contribution in [1.82, 2.24) is 0 Å². The Kier molecular flexibility index (Phi) is 4.09. The molecule has 0 spiro atoms. The Bertz CT molecular complexity index is 966. The predicted octanol–water partition coefficient (Wildman–Crippen LogP) is 4.01. The number of nitrogens with zero attached hydrogens (tertiary/aromatic N) is 2. The maximum Gasteiger partial charge on any atom is 0.228 e. The summed E-state index contributed by atoms with van der Waals surface area (Å²) in [6.45, 7) is 0. The van der Waals surface area contributed by atoms with Crippen molar-refractivity contribution in [2.75, 3.05) is 5.32 Å². The SMILES string of the molecule is N#CC(C#N)=CNc1ccc(C(=O)c2cc3ccccc3o2)cc1. The molecular weight excluding hydrogens is 302 g/mol. The smallest absolute Gasteiger partial charge is 0.228 e. The summed E-state index contributed by atoms with van der Waals surface area (Å²) in [5.74, 6) is 0.0797. The van der Waals surface area contributed by atoms with Gasteiger partial charge in [-0.05, 0) is 36.4 Å². The van der Waals surface area contributed by atoms with Crippen LogP contribution in [0.3, 0.4) is 0 Å². The van der Waals surface area contributed by atoms with Gasteiger partial charge in [-0.3, -0.25) is 4.79 Å². The van der Waals surface area contributed by atoms with E-state index in [0.29, 0.717) is 16.8 Å². The average Bonchev–Trinajstić information content (AvgIpc) is 3.06. The highest BCUT2D eigenvalue weighted by Gasteiger charge is 2.14. The van der Waals surface area contributed by atoms with Gasteiger partial charge < -0.3 is 9.73 Å². The van der Waals surface area contributed by atoms with E-state index in [0.717, 1.165) is 5.39 Å². The van der Waals surface area contributed by atoms with Crippen molar-refractivity contribution in [3.05, 3.63) is 77.7 Å². The van der Waals surface area contributed by atoms with Gasteiger partial charge >= 0.3 is 0 Å². The number of fused-ring (bicyclic) bond motifs is 1. The number of benzene rings is 2. The first-order chi connectivity index (χ1) is 11.7. The third kappa shape index (κ3) is 3.01. The zero-order valence-corrected chi connectivity index (χ0v) is 12.5. The van der Waals surface area contributed by atoms with Crippen LogP contribution in [0, 0.1) is 22.7 Å². The molecule has 0 aliphatic heterocycles. The van der Waals surface area contributed by atoms with Crippen molar-refractivity contribution < 1.29 is 9.21 Å². The lowest BCUT2D eigenvalue weighted by Gasteiger charge is -2.02. The summed E-state index contributed by atoms with van der Waals surface area (Å²) in [6.07, 6.45) is 1.32. The van der Waals surface area contributed by atoms with Crippen LogP contribution in [-0.4, -0.2) is 5.78 Å². The first-order valence-electron chi connectivity index (χ1n) is 7.11. The molecular formula is C19H11N3O2. The van der Waals surface area contributed by atoms with Crippen LogP contribution in [-0.2, 0) is 0 Å². The van der Waals surface area contributed by atoms with Crippen LogP contribution in [0.1, 0.15) is 16.1 Å². The molecule has 5 nitrogen and oxygen atoms in total. The van der Waals surface area contributed by atoms with Crippen LogP contribution in [0.4, 0.5) is 5.69 Å².